The van der Waals surface area contributed by atoms with Gasteiger partial charge in [-0.3, -0.25) is 14.7 Å². The average molecular weight is 480 g/mol. The quantitative estimate of drug-likeness (QED) is 0.213. The molecule has 4 aromatic rings. The van der Waals surface area contributed by atoms with E-state index in [4.69, 9.17) is 20.8 Å². The molecule has 10 heteroatoms. The molecule has 0 fully saturated rings. The number of hydrogen-bond donors (Lipinski definition) is 1. The van der Waals surface area contributed by atoms with E-state index < -0.39 is 0 Å². The van der Waals surface area contributed by atoms with Gasteiger partial charge in [0.1, 0.15) is 24.3 Å². The molecular weight excluding hydrogens is 454 g/mol. The Bertz CT molecular complexity index is 1410. The van der Waals surface area contributed by atoms with Gasteiger partial charge in [0.05, 0.1) is 30.3 Å². The van der Waals surface area contributed by atoms with Gasteiger partial charge < -0.3 is 18.8 Å². The number of nitrogens with zero attached hydrogens (tertiary/aromatic N) is 4. The maximum absolute atomic E-state index is 13.3. The van der Waals surface area contributed by atoms with Gasteiger partial charge in [-0.25, -0.2) is 9.83 Å². The molecule has 4 rings (SSSR count). The molecule has 1 amide bonds. The summed E-state index contributed by atoms with van der Waals surface area (Å²) in [7, 11) is 3.14. The van der Waals surface area contributed by atoms with E-state index in [1.165, 1.54) is 11.3 Å². The Morgan fingerprint density at radius 3 is 2.71 bits per heavy atom. The first-order valence-electron chi connectivity index (χ1n) is 10.5. The normalized spacial score (nSPS) is 11.1. The van der Waals surface area contributed by atoms with E-state index in [-0.39, 0.29) is 19.4 Å². The topological polar surface area (TPSA) is 83.9 Å². The van der Waals surface area contributed by atoms with Gasteiger partial charge in [0.25, 0.3) is 5.91 Å². The van der Waals surface area contributed by atoms with Crippen LogP contribution >= 0.6 is 11.3 Å². The molecule has 0 atom stereocenters. The van der Waals surface area contributed by atoms with Crippen LogP contribution in [0.1, 0.15) is 26.6 Å². The van der Waals surface area contributed by atoms with Crippen molar-refractivity contribution in [2.24, 2.45) is 0 Å². The maximum Gasteiger partial charge on any atom is 0.259 e. The van der Waals surface area contributed by atoms with Crippen molar-refractivity contribution in [3.8, 4) is 10.8 Å². The Labute approximate surface area is 201 Å². The van der Waals surface area contributed by atoms with E-state index in [0.29, 0.717) is 28.5 Å². The van der Waals surface area contributed by atoms with Crippen LogP contribution < -0.4 is 10.1 Å². The molecule has 0 aliphatic heterocycles. The number of benzene rings is 1. The third-order valence-corrected chi connectivity index (χ3v) is 6.44. The number of ether oxygens (including phenoxy) is 3. The van der Waals surface area contributed by atoms with E-state index in [0.717, 1.165) is 26.8 Å². The standard InChI is InChI=1S/C24H25N5O4S/c1-14-9-18(16(3)29(14)23-20(25-4)10-15(2)34-23)22(30)27-24-26-19-11-17(32-6)7-8-21(19)28(24)12-33-13-31-5/h7-11H,12-13H2,1-3,5-6H3,(H,26,27,30). The third-order valence-electron chi connectivity index (χ3n) is 5.42. The summed E-state index contributed by atoms with van der Waals surface area (Å²) in [6, 6.07) is 9.18. The molecule has 0 aliphatic rings. The third kappa shape index (κ3) is 4.28. The Morgan fingerprint density at radius 2 is 2.00 bits per heavy atom. The van der Waals surface area contributed by atoms with Crippen molar-refractivity contribution >= 4 is 39.9 Å². The first-order chi connectivity index (χ1) is 16.4. The first-order valence-corrected chi connectivity index (χ1v) is 11.3. The summed E-state index contributed by atoms with van der Waals surface area (Å²) in [6.45, 7) is 13.5. The number of hydrogen-bond acceptors (Lipinski definition) is 6. The predicted octanol–water partition coefficient (Wildman–Crippen LogP) is 5.20. The molecule has 0 unspecified atom stereocenters. The van der Waals surface area contributed by atoms with Gasteiger partial charge in [0, 0.05) is 24.6 Å². The molecule has 176 valence electrons. The molecule has 0 bridgehead atoms. The molecule has 3 aromatic heterocycles. The summed E-state index contributed by atoms with van der Waals surface area (Å²) >= 11 is 1.53. The molecule has 1 N–H and O–H groups in total. The van der Waals surface area contributed by atoms with E-state index in [1.807, 2.05) is 49.6 Å². The lowest BCUT2D eigenvalue weighted by molar-refractivity contribution is -0.0575. The SMILES string of the molecule is [C-]#[N+]c1cc(C)sc1-n1c(C)cc(C(=O)Nc2nc3cc(OC)ccc3n2COCOC)c1C. The van der Waals surface area contributed by atoms with Crippen LogP contribution in [0.15, 0.2) is 30.3 Å². The second kappa shape index (κ2) is 9.69. The molecule has 0 saturated heterocycles. The monoisotopic (exact) mass is 479 g/mol. The highest BCUT2D eigenvalue weighted by molar-refractivity contribution is 7.15. The fourth-order valence-corrected chi connectivity index (χ4v) is 4.93. The predicted molar refractivity (Wildman–Crippen MR) is 131 cm³/mol. The van der Waals surface area contributed by atoms with Crippen LogP contribution in [0.4, 0.5) is 11.6 Å². The fourth-order valence-electron chi connectivity index (χ4n) is 3.88. The van der Waals surface area contributed by atoms with Gasteiger partial charge in [0.2, 0.25) is 11.6 Å². The molecule has 0 radical (unpaired) electrons. The van der Waals surface area contributed by atoms with Gasteiger partial charge in [-0.2, -0.15) is 0 Å². The van der Waals surface area contributed by atoms with Crippen molar-refractivity contribution < 1.29 is 19.0 Å². The number of fused-ring (bicyclic) bond motifs is 1. The molecule has 3 heterocycles. The first kappa shape index (κ1) is 23.5. The lowest BCUT2D eigenvalue weighted by Crippen LogP contribution is -2.17. The van der Waals surface area contributed by atoms with Crippen molar-refractivity contribution in [1.29, 1.82) is 0 Å². The number of thiophene rings is 1. The largest absolute Gasteiger partial charge is 0.497 e. The van der Waals surface area contributed by atoms with Crippen LogP contribution in [0.25, 0.3) is 20.9 Å². The van der Waals surface area contributed by atoms with Crippen LogP contribution in [0.3, 0.4) is 0 Å². The van der Waals surface area contributed by atoms with Gasteiger partial charge >= 0.3 is 0 Å². The maximum atomic E-state index is 13.3. The number of nitrogens with one attached hydrogen (secondary N) is 1. The summed E-state index contributed by atoms with van der Waals surface area (Å²) in [5, 5.41) is 3.74. The zero-order valence-corrected chi connectivity index (χ0v) is 20.4. The molecular formula is C24H25N5O4S. The summed E-state index contributed by atoms with van der Waals surface area (Å²) in [5.41, 5.74) is 4.15. The number of aromatic nitrogens is 3. The van der Waals surface area contributed by atoms with Crippen LogP contribution in [0.5, 0.6) is 5.75 Å². The minimum absolute atomic E-state index is 0.105. The van der Waals surface area contributed by atoms with E-state index in [2.05, 4.69) is 15.1 Å². The molecule has 9 nitrogen and oxygen atoms in total. The molecule has 1 aromatic carbocycles. The van der Waals surface area contributed by atoms with Crippen molar-refractivity contribution in [2.75, 3.05) is 26.3 Å². The number of imidazole rings is 1. The highest BCUT2D eigenvalue weighted by Gasteiger charge is 2.22. The van der Waals surface area contributed by atoms with Gasteiger partial charge in [-0.1, -0.05) is 0 Å². The second-order valence-corrected chi connectivity index (χ2v) is 8.93. The summed E-state index contributed by atoms with van der Waals surface area (Å²) in [6.07, 6.45) is 0. The Kier molecular flexibility index (Phi) is 6.70. The smallest absolute Gasteiger partial charge is 0.259 e. The zero-order chi connectivity index (χ0) is 24.4. The Balaban J connectivity index is 1.71. The average Bonchev–Trinajstić information content (AvgIpc) is 3.45. The number of methoxy groups -OCH3 is 2. The lowest BCUT2D eigenvalue weighted by Gasteiger charge is -2.11. The molecule has 34 heavy (non-hydrogen) atoms. The number of rotatable bonds is 8. The highest BCUT2D eigenvalue weighted by atomic mass is 32.1. The minimum Gasteiger partial charge on any atom is -0.497 e. The van der Waals surface area contributed by atoms with Crippen LogP contribution in [-0.4, -0.2) is 41.0 Å². The van der Waals surface area contributed by atoms with Gasteiger partial charge in [-0.05, 0) is 49.9 Å². The van der Waals surface area contributed by atoms with E-state index in [9.17, 15) is 4.79 Å². The number of carbonyl (C=O) groups excluding carboxylic acids is 1. The number of anilines is 1. The Hall–Kier alpha value is -3.65. The van der Waals surface area contributed by atoms with Crippen LogP contribution in [0.2, 0.25) is 0 Å². The fraction of sp³-hybridized carbons (Fsp3) is 0.292. The highest BCUT2D eigenvalue weighted by Crippen LogP contribution is 2.36. The summed E-state index contributed by atoms with van der Waals surface area (Å²) in [5.74, 6) is 0.716. The molecule has 0 saturated carbocycles. The summed E-state index contributed by atoms with van der Waals surface area (Å²) in [4.78, 5) is 22.6. The van der Waals surface area contributed by atoms with E-state index in [1.54, 1.807) is 24.9 Å². The zero-order valence-electron chi connectivity index (χ0n) is 19.6. The van der Waals surface area contributed by atoms with Gasteiger partial charge in [-0.15, -0.1) is 11.3 Å². The lowest BCUT2D eigenvalue weighted by atomic mass is 10.2. The van der Waals surface area contributed by atoms with Crippen LogP contribution in [-0.2, 0) is 16.2 Å². The number of amides is 1. The van der Waals surface area contributed by atoms with E-state index >= 15 is 0 Å². The molecule has 0 spiro atoms. The van der Waals surface area contributed by atoms with Crippen molar-refractivity contribution in [1.82, 2.24) is 14.1 Å². The number of carbonyl (C=O) groups is 1. The second-order valence-electron chi connectivity index (χ2n) is 7.69. The van der Waals surface area contributed by atoms with Crippen molar-refractivity contribution in [3.63, 3.8) is 0 Å². The molecule has 0 aliphatic carbocycles. The minimum atomic E-state index is -0.299. The Morgan fingerprint density at radius 1 is 1.21 bits per heavy atom. The van der Waals surface area contributed by atoms with Gasteiger partial charge in [0.15, 0.2) is 0 Å². The van der Waals surface area contributed by atoms with Crippen molar-refractivity contribution in [2.45, 2.75) is 27.5 Å². The van der Waals surface area contributed by atoms with Crippen LogP contribution in [0, 0.1) is 27.3 Å². The number of aryl methyl sites for hydroxylation is 2. The summed E-state index contributed by atoms with van der Waals surface area (Å²) < 4.78 is 19.6. The van der Waals surface area contributed by atoms with Crippen molar-refractivity contribution in [3.05, 3.63) is 63.6 Å².